The Bertz CT molecular complexity index is 1290. The average molecular weight is 517 g/mol. The minimum absolute atomic E-state index is 0.0604. The van der Waals surface area contributed by atoms with Gasteiger partial charge in [0.15, 0.2) is 0 Å². The monoisotopic (exact) mass is 516 g/mol. The molecule has 9 nitrogen and oxygen atoms in total. The lowest BCUT2D eigenvalue weighted by atomic mass is 10.0. The van der Waals surface area contributed by atoms with Gasteiger partial charge in [-0.05, 0) is 72.9 Å². The summed E-state index contributed by atoms with van der Waals surface area (Å²) in [5.41, 5.74) is 3.52. The van der Waals surface area contributed by atoms with E-state index in [-0.39, 0.29) is 35.7 Å². The molecule has 3 aromatic carbocycles. The maximum atomic E-state index is 12.9. The third-order valence-corrected chi connectivity index (χ3v) is 5.73. The van der Waals surface area contributed by atoms with Crippen molar-refractivity contribution in [3.05, 3.63) is 89.5 Å². The molecule has 0 saturated carbocycles. The number of carboxylic acids is 1. The van der Waals surface area contributed by atoms with Crippen LogP contribution in [0.1, 0.15) is 41.8 Å². The lowest BCUT2D eigenvalue weighted by Gasteiger charge is -2.20. The lowest BCUT2D eigenvalue weighted by Crippen LogP contribution is -2.45. The number of rotatable bonds is 10. The average Bonchev–Trinajstić information content (AvgIpc) is 2.86. The van der Waals surface area contributed by atoms with Crippen molar-refractivity contribution in [2.45, 2.75) is 39.7 Å². The second-order valence-electron chi connectivity index (χ2n) is 9.39. The van der Waals surface area contributed by atoms with Crippen LogP contribution in [-0.4, -0.2) is 35.0 Å². The molecule has 4 amide bonds. The Morgan fingerprint density at radius 1 is 0.789 bits per heavy atom. The first-order chi connectivity index (χ1) is 18.1. The zero-order chi connectivity index (χ0) is 27.7. The predicted molar refractivity (Wildman–Crippen MR) is 147 cm³/mol. The molecule has 198 valence electrons. The van der Waals surface area contributed by atoms with Crippen LogP contribution in [0.2, 0.25) is 0 Å². The van der Waals surface area contributed by atoms with Gasteiger partial charge in [-0.3, -0.25) is 9.59 Å². The first kappa shape index (κ1) is 27.9. The molecule has 0 spiro atoms. The number of hydrogen-bond donors (Lipinski definition) is 5. The Morgan fingerprint density at radius 3 is 2.00 bits per heavy atom. The van der Waals surface area contributed by atoms with E-state index in [0.717, 1.165) is 16.8 Å². The van der Waals surface area contributed by atoms with Gasteiger partial charge in [-0.25, -0.2) is 9.59 Å². The molecule has 0 fully saturated rings. The summed E-state index contributed by atoms with van der Waals surface area (Å²) < 4.78 is 0. The van der Waals surface area contributed by atoms with Crippen LogP contribution in [-0.2, 0) is 16.0 Å². The Hall–Kier alpha value is -4.66. The van der Waals surface area contributed by atoms with Gasteiger partial charge < -0.3 is 26.4 Å². The van der Waals surface area contributed by atoms with Crippen LogP contribution in [0.15, 0.2) is 72.8 Å². The van der Waals surface area contributed by atoms with E-state index in [4.69, 9.17) is 5.11 Å². The third kappa shape index (κ3) is 8.48. The summed E-state index contributed by atoms with van der Waals surface area (Å²) in [6, 6.07) is 19.0. The van der Waals surface area contributed by atoms with E-state index < -0.39 is 12.0 Å². The van der Waals surface area contributed by atoms with Gasteiger partial charge in [0.2, 0.25) is 11.8 Å². The quantitative estimate of drug-likeness (QED) is 0.257. The number of benzene rings is 3. The summed E-state index contributed by atoms with van der Waals surface area (Å²) >= 11 is 0. The summed E-state index contributed by atoms with van der Waals surface area (Å²) in [7, 11) is 0. The molecule has 0 aromatic heterocycles. The van der Waals surface area contributed by atoms with Gasteiger partial charge in [0.25, 0.3) is 0 Å². The molecule has 0 radical (unpaired) electrons. The van der Waals surface area contributed by atoms with Crippen LogP contribution < -0.4 is 21.3 Å². The number of amides is 4. The highest BCUT2D eigenvalue weighted by Gasteiger charge is 2.22. The molecule has 1 unspecified atom stereocenters. The van der Waals surface area contributed by atoms with Gasteiger partial charge in [0.1, 0.15) is 6.04 Å². The molecular weight excluding hydrogens is 484 g/mol. The Morgan fingerprint density at radius 2 is 1.39 bits per heavy atom. The summed E-state index contributed by atoms with van der Waals surface area (Å²) in [5.74, 6) is -1.60. The van der Waals surface area contributed by atoms with Crippen molar-refractivity contribution in [3.8, 4) is 0 Å². The van der Waals surface area contributed by atoms with Crippen LogP contribution in [0.25, 0.3) is 0 Å². The van der Waals surface area contributed by atoms with Crippen molar-refractivity contribution in [1.82, 2.24) is 5.32 Å². The molecule has 0 aliphatic carbocycles. The standard InChI is InChI=1S/C29H32N4O5/c1-18(2)16-25(27(35)30-22-14-10-21(11-15-22)28(36)37)32-26(34)17-20-8-12-23(13-9-20)31-29(38)33-24-7-5-4-6-19(24)3/h4-15,18,25H,16-17H2,1-3H3,(H,30,35)(H,32,34)(H,36,37)(H2,31,33,38). The smallest absolute Gasteiger partial charge is 0.335 e. The van der Waals surface area contributed by atoms with Crippen LogP contribution in [0.3, 0.4) is 0 Å². The first-order valence-electron chi connectivity index (χ1n) is 12.3. The van der Waals surface area contributed by atoms with Crippen LogP contribution in [0.5, 0.6) is 0 Å². The van der Waals surface area contributed by atoms with Crippen molar-refractivity contribution in [1.29, 1.82) is 0 Å². The summed E-state index contributed by atoms with van der Waals surface area (Å²) in [5, 5.41) is 20.1. The second kappa shape index (κ2) is 13.0. The fraction of sp³-hybridized carbons (Fsp3) is 0.241. The number of carbonyl (C=O) groups excluding carboxylic acids is 3. The largest absolute Gasteiger partial charge is 0.478 e. The summed E-state index contributed by atoms with van der Waals surface area (Å²) in [4.78, 5) is 48.9. The molecule has 0 heterocycles. The number of urea groups is 1. The fourth-order valence-corrected chi connectivity index (χ4v) is 3.76. The number of aryl methyl sites for hydroxylation is 1. The maximum Gasteiger partial charge on any atom is 0.335 e. The first-order valence-corrected chi connectivity index (χ1v) is 12.3. The van der Waals surface area contributed by atoms with Crippen LogP contribution in [0.4, 0.5) is 21.9 Å². The molecule has 0 bridgehead atoms. The number of anilines is 3. The molecule has 3 rings (SSSR count). The molecule has 38 heavy (non-hydrogen) atoms. The number of carbonyl (C=O) groups is 4. The number of para-hydroxylation sites is 1. The molecular formula is C29H32N4O5. The number of nitrogens with one attached hydrogen (secondary N) is 4. The minimum Gasteiger partial charge on any atom is -0.478 e. The predicted octanol–water partition coefficient (Wildman–Crippen LogP) is 5.05. The maximum absolute atomic E-state index is 12.9. The fourth-order valence-electron chi connectivity index (χ4n) is 3.76. The van der Waals surface area contributed by atoms with Crippen molar-refractivity contribution >= 4 is 40.9 Å². The lowest BCUT2D eigenvalue weighted by molar-refractivity contribution is -0.126. The number of carboxylic acid groups (broad SMARTS) is 1. The second-order valence-corrected chi connectivity index (χ2v) is 9.39. The van der Waals surface area contributed by atoms with E-state index in [1.807, 2.05) is 45.0 Å². The van der Waals surface area contributed by atoms with Gasteiger partial charge in [0, 0.05) is 17.1 Å². The topological polar surface area (TPSA) is 137 Å². The van der Waals surface area contributed by atoms with E-state index >= 15 is 0 Å². The molecule has 1 atom stereocenters. The Kier molecular flexibility index (Phi) is 9.59. The van der Waals surface area contributed by atoms with Crippen LogP contribution in [0, 0.1) is 12.8 Å². The van der Waals surface area contributed by atoms with Crippen LogP contribution >= 0.6 is 0 Å². The van der Waals surface area contributed by atoms with Gasteiger partial charge in [-0.1, -0.05) is 44.2 Å². The normalized spacial score (nSPS) is 11.4. The van der Waals surface area contributed by atoms with Gasteiger partial charge in [-0.2, -0.15) is 0 Å². The zero-order valence-electron chi connectivity index (χ0n) is 21.6. The highest BCUT2D eigenvalue weighted by atomic mass is 16.4. The van der Waals surface area contributed by atoms with Gasteiger partial charge >= 0.3 is 12.0 Å². The highest BCUT2D eigenvalue weighted by Crippen LogP contribution is 2.16. The van der Waals surface area contributed by atoms with E-state index in [0.29, 0.717) is 17.8 Å². The van der Waals surface area contributed by atoms with E-state index in [2.05, 4.69) is 21.3 Å². The zero-order valence-corrected chi connectivity index (χ0v) is 21.6. The summed E-state index contributed by atoms with van der Waals surface area (Å²) in [6.45, 7) is 5.81. The van der Waals surface area contributed by atoms with E-state index in [9.17, 15) is 19.2 Å². The third-order valence-electron chi connectivity index (χ3n) is 5.73. The minimum atomic E-state index is -1.05. The molecule has 3 aromatic rings. The van der Waals surface area contributed by atoms with Crippen molar-refractivity contribution in [2.75, 3.05) is 16.0 Å². The Balaban J connectivity index is 1.55. The van der Waals surface area contributed by atoms with Crippen molar-refractivity contribution in [3.63, 3.8) is 0 Å². The molecule has 9 heteroatoms. The van der Waals surface area contributed by atoms with E-state index in [1.54, 1.807) is 24.3 Å². The molecule has 0 aliphatic heterocycles. The number of hydrogen-bond acceptors (Lipinski definition) is 4. The van der Waals surface area contributed by atoms with Crippen molar-refractivity contribution < 1.29 is 24.3 Å². The molecule has 5 N–H and O–H groups in total. The molecule has 0 aliphatic rings. The van der Waals surface area contributed by atoms with E-state index in [1.165, 1.54) is 24.3 Å². The SMILES string of the molecule is Cc1ccccc1NC(=O)Nc1ccc(CC(=O)NC(CC(C)C)C(=O)Nc2ccc(C(=O)O)cc2)cc1. The molecule has 0 saturated heterocycles. The summed E-state index contributed by atoms with van der Waals surface area (Å²) in [6.07, 6.45) is 0.495. The number of aromatic carboxylic acids is 1. The highest BCUT2D eigenvalue weighted by molar-refractivity contribution is 6.00. The Labute approximate surface area is 221 Å². The van der Waals surface area contributed by atoms with Crippen molar-refractivity contribution in [2.24, 2.45) is 5.92 Å². The van der Waals surface area contributed by atoms with Gasteiger partial charge in [0.05, 0.1) is 12.0 Å². The van der Waals surface area contributed by atoms with Gasteiger partial charge in [-0.15, -0.1) is 0 Å².